The van der Waals surface area contributed by atoms with Crippen LogP contribution in [0.25, 0.3) is 0 Å². The standard InChI is InChI=1S/C15H26O2/c1-7-9-13(5)10-11-15(6,8-2)17-14(16)12(3)4/h7,13H,1,3,8-11H2,2,4-6H3. The minimum absolute atomic E-state index is 0.286. The summed E-state index contributed by atoms with van der Waals surface area (Å²) in [5.74, 6) is 0.299. The highest BCUT2D eigenvalue weighted by molar-refractivity contribution is 5.87. The van der Waals surface area contributed by atoms with Gasteiger partial charge in [0.1, 0.15) is 5.60 Å². The average molecular weight is 238 g/mol. The van der Waals surface area contributed by atoms with Gasteiger partial charge in [-0.1, -0.05) is 26.5 Å². The molecule has 0 N–H and O–H groups in total. The van der Waals surface area contributed by atoms with Crippen LogP contribution >= 0.6 is 0 Å². The van der Waals surface area contributed by atoms with E-state index < -0.39 is 0 Å². The zero-order valence-corrected chi connectivity index (χ0v) is 11.7. The van der Waals surface area contributed by atoms with E-state index in [9.17, 15) is 4.79 Å². The van der Waals surface area contributed by atoms with E-state index in [1.165, 1.54) is 0 Å². The second-order valence-electron chi connectivity index (χ2n) is 5.14. The molecule has 2 unspecified atom stereocenters. The van der Waals surface area contributed by atoms with Gasteiger partial charge in [0.2, 0.25) is 0 Å². The van der Waals surface area contributed by atoms with Crippen molar-refractivity contribution < 1.29 is 9.53 Å². The molecule has 0 radical (unpaired) electrons. The van der Waals surface area contributed by atoms with Gasteiger partial charge in [-0.25, -0.2) is 4.79 Å². The van der Waals surface area contributed by atoms with Crippen molar-refractivity contribution in [3.8, 4) is 0 Å². The second kappa shape index (κ2) is 7.31. The summed E-state index contributed by atoms with van der Waals surface area (Å²) in [6, 6.07) is 0. The molecule has 0 rings (SSSR count). The lowest BCUT2D eigenvalue weighted by Gasteiger charge is -2.29. The fourth-order valence-corrected chi connectivity index (χ4v) is 1.56. The van der Waals surface area contributed by atoms with Gasteiger partial charge in [0, 0.05) is 5.57 Å². The van der Waals surface area contributed by atoms with Crippen LogP contribution < -0.4 is 0 Å². The van der Waals surface area contributed by atoms with E-state index in [4.69, 9.17) is 4.74 Å². The third-order valence-electron chi connectivity index (χ3n) is 3.17. The molecule has 2 atom stereocenters. The molecule has 0 aliphatic rings. The van der Waals surface area contributed by atoms with Gasteiger partial charge in [0.15, 0.2) is 0 Å². The monoisotopic (exact) mass is 238 g/mol. The number of carbonyl (C=O) groups is 1. The molecular weight excluding hydrogens is 212 g/mol. The second-order valence-corrected chi connectivity index (χ2v) is 5.14. The number of carbonyl (C=O) groups excluding carboxylic acids is 1. The predicted octanol–water partition coefficient (Wildman–Crippen LogP) is 4.27. The largest absolute Gasteiger partial charge is 0.456 e. The van der Waals surface area contributed by atoms with Crippen LogP contribution in [0, 0.1) is 5.92 Å². The summed E-state index contributed by atoms with van der Waals surface area (Å²) in [5.41, 5.74) is 0.0923. The Labute approximate surface area is 106 Å². The molecule has 0 bridgehead atoms. The first kappa shape index (κ1) is 16.0. The van der Waals surface area contributed by atoms with Crippen LogP contribution in [0.4, 0.5) is 0 Å². The SMILES string of the molecule is C=CCC(C)CCC(C)(CC)OC(=O)C(=C)C. The maximum Gasteiger partial charge on any atom is 0.333 e. The van der Waals surface area contributed by atoms with Crippen LogP contribution in [0.3, 0.4) is 0 Å². The molecule has 0 aromatic heterocycles. The van der Waals surface area contributed by atoms with E-state index in [0.717, 1.165) is 25.7 Å². The molecule has 0 amide bonds. The third kappa shape index (κ3) is 6.30. The Bertz CT molecular complexity index is 281. The first-order chi connectivity index (χ1) is 7.84. The highest BCUT2D eigenvalue weighted by Gasteiger charge is 2.27. The lowest BCUT2D eigenvalue weighted by atomic mass is 9.90. The Morgan fingerprint density at radius 3 is 2.53 bits per heavy atom. The highest BCUT2D eigenvalue weighted by atomic mass is 16.6. The quantitative estimate of drug-likeness (QED) is 0.358. The molecule has 17 heavy (non-hydrogen) atoms. The lowest BCUT2D eigenvalue weighted by Crippen LogP contribution is -2.31. The van der Waals surface area contributed by atoms with Gasteiger partial charge in [-0.05, 0) is 45.4 Å². The first-order valence-electron chi connectivity index (χ1n) is 6.34. The third-order valence-corrected chi connectivity index (χ3v) is 3.17. The summed E-state index contributed by atoms with van der Waals surface area (Å²) >= 11 is 0. The number of rotatable bonds is 8. The van der Waals surface area contributed by atoms with Crippen molar-refractivity contribution >= 4 is 5.97 Å². The number of ether oxygens (including phenoxy) is 1. The predicted molar refractivity (Wildman–Crippen MR) is 72.8 cm³/mol. The summed E-state index contributed by atoms with van der Waals surface area (Å²) in [6.45, 7) is 15.3. The molecule has 0 aromatic rings. The maximum atomic E-state index is 11.5. The molecular formula is C15H26O2. The van der Waals surface area contributed by atoms with Crippen LogP contribution in [0.2, 0.25) is 0 Å². The number of esters is 1. The summed E-state index contributed by atoms with van der Waals surface area (Å²) in [6.07, 6.45) is 5.70. The van der Waals surface area contributed by atoms with Gasteiger partial charge >= 0.3 is 5.97 Å². The Hall–Kier alpha value is -1.05. The number of hydrogen-bond donors (Lipinski definition) is 0. The highest BCUT2D eigenvalue weighted by Crippen LogP contribution is 2.26. The van der Waals surface area contributed by atoms with Crippen molar-refractivity contribution in [2.24, 2.45) is 5.92 Å². The van der Waals surface area contributed by atoms with E-state index >= 15 is 0 Å². The summed E-state index contributed by atoms with van der Waals surface area (Å²) in [7, 11) is 0. The van der Waals surface area contributed by atoms with Gasteiger partial charge in [0.25, 0.3) is 0 Å². The van der Waals surface area contributed by atoms with Crippen LogP contribution in [0.5, 0.6) is 0 Å². The molecule has 0 aliphatic carbocycles. The van der Waals surface area contributed by atoms with Gasteiger partial charge in [0.05, 0.1) is 0 Å². The van der Waals surface area contributed by atoms with Crippen molar-refractivity contribution in [2.75, 3.05) is 0 Å². The Kier molecular flexibility index (Phi) is 6.86. The van der Waals surface area contributed by atoms with Gasteiger partial charge in [-0.2, -0.15) is 0 Å². The average Bonchev–Trinajstić information content (AvgIpc) is 2.27. The lowest BCUT2D eigenvalue weighted by molar-refractivity contribution is -0.154. The van der Waals surface area contributed by atoms with E-state index in [1.54, 1.807) is 6.92 Å². The minimum atomic E-state index is -0.370. The Morgan fingerprint density at radius 1 is 1.53 bits per heavy atom. The van der Waals surface area contributed by atoms with Crippen molar-refractivity contribution in [3.63, 3.8) is 0 Å². The van der Waals surface area contributed by atoms with Crippen molar-refractivity contribution in [1.82, 2.24) is 0 Å². The van der Waals surface area contributed by atoms with Crippen LogP contribution in [-0.4, -0.2) is 11.6 Å². The molecule has 0 aromatic carbocycles. The summed E-state index contributed by atoms with van der Waals surface area (Å²) in [4.78, 5) is 11.5. The van der Waals surface area contributed by atoms with Crippen molar-refractivity contribution in [2.45, 2.75) is 59.0 Å². The molecule has 2 nitrogen and oxygen atoms in total. The molecule has 98 valence electrons. The van der Waals surface area contributed by atoms with Gasteiger partial charge < -0.3 is 4.74 Å². The van der Waals surface area contributed by atoms with Crippen molar-refractivity contribution in [1.29, 1.82) is 0 Å². The van der Waals surface area contributed by atoms with Crippen molar-refractivity contribution in [3.05, 3.63) is 24.8 Å². The molecule has 0 saturated heterocycles. The minimum Gasteiger partial charge on any atom is -0.456 e. The van der Waals surface area contributed by atoms with Crippen LogP contribution in [0.15, 0.2) is 24.8 Å². The normalized spacial score (nSPS) is 15.8. The van der Waals surface area contributed by atoms with Gasteiger partial charge in [-0.3, -0.25) is 0 Å². The maximum absolute atomic E-state index is 11.5. The molecule has 0 heterocycles. The first-order valence-corrected chi connectivity index (χ1v) is 6.34. The molecule has 0 fully saturated rings. The zero-order chi connectivity index (χ0) is 13.5. The summed E-state index contributed by atoms with van der Waals surface area (Å²) < 4.78 is 5.51. The van der Waals surface area contributed by atoms with E-state index in [1.807, 2.05) is 19.9 Å². The fourth-order valence-electron chi connectivity index (χ4n) is 1.56. The number of hydrogen-bond acceptors (Lipinski definition) is 2. The molecule has 0 aliphatic heterocycles. The topological polar surface area (TPSA) is 26.3 Å². The Balaban J connectivity index is 4.32. The molecule has 0 spiro atoms. The van der Waals surface area contributed by atoms with Crippen LogP contribution in [-0.2, 0) is 9.53 Å². The molecule has 2 heteroatoms. The van der Waals surface area contributed by atoms with E-state index in [0.29, 0.717) is 11.5 Å². The van der Waals surface area contributed by atoms with E-state index in [2.05, 4.69) is 20.1 Å². The summed E-state index contributed by atoms with van der Waals surface area (Å²) in [5, 5.41) is 0. The smallest absolute Gasteiger partial charge is 0.333 e. The number of allylic oxidation sites excluding steroid dienone is 1. The molecule has 0 saturated carbocycles. The van der Waals surface area contributed by atoms with Gasteiger partial charge in [-0.15, -0.1) is 6.58 Å². The van der Waals surface area contributed by atoms with Crippen LogP contribution in [0.1, 0.15) is 53.4 Å². The fraction of sp³-hybridized carbons (Fsp3) is 0.667. The van der Waals surface area contributed by atoms with E-state index in [-0.39, 0.29) is 11.6 Å². The Morgan fingerprint density at radius 2 is 2.12 bits per heavy atom. The zero-order valence-electron chi connectivity index (χ0n) is 11.7.